The first-order valence-corrected chi connectivity index (χ1v) is 8.16. The smallest absolute Gasteiger partial charge is 0.0900 e. The molecular formula is C15H26N2OS. The van der Waals surface area contributed by atoms with Crippen LogP contribution < -0.4 is 5.32 Å². The molecule has 1 heterocycles. The molecule has 0 amide bonds. The van der Waals surface area contributed by atoms with Gasteiger partial charge in [-0.25, -0.2) is 4.98 Å². The van der Waals surface area contributed by atoms with E-state index in [1.165, 1.54) is 24.1 Å². The van der Waals surface area contributed by atoms with E-state index in [9.17, 15) is 5.11 Å². The molecule has 1 fully saturated rings. The number of hydrogen-bond donors (Lipinski definition) is 2. The van der Waals surface area contributed by atoms with Gasteiger partial charge in [-0.3, -0.25) is 0 Å². The molecule has 1 saturated carbocycles. The monoisotopic (exact) mass is 282 g/mol. The molecule has 2 N–H and O–H groups in total. The standard InChI is InChI=1S/C15H26N2OS/c1-11(14-12(2)17-13(3)19-14)16-9-15(10-18)7-5-4-6-8-15/h11,16,18H,4-10H2,1-3H3. The van der Waals surface area contributed by atoms with Gasteiger partial charge in [0.05, 0.1) is 10.7 Å². The van der Waals surface area contributed by atoms with Crippen molar-refractivity contribution in [2.24, 2.45) is 5.41 Å². The van der Waals surface area contributed by atoms with Gasteiger partial charge in [0, 0.05) is 29.5 Å². The van der Waals surface area contributed by atoms with Crippen LogP contribution in [0.1, 0.15) is 60.6 Å². The van der Waals surface area contributed by atoms with Gasteiger partial charge in [-0.05, 0) is 33.6 Å². The molecule has 0 radical (unpaired) electrons. The van der Waals surface area contributed by atoms with Crippen molar-refractivity contribution in [2.75, 3.05) is 13.2 Å². The van der Waals surface area contributed by atoms with Crippen LogP contribution in [0, 0.1) is 19.3 Å². The van der Waals surface area contributed by atoms with E-state index in [-0.39, 0.29) is 5.41 Å². The number of aliphatic hydroxyl groups is 1. The summed E-state index contributed by atoms with van der Waals surface area (Å²) in [6.45, 7) is 7.58. The third kappa shape index (κ3) is 3.56. The summed E-state index contributed by atoms with van der Waals surface area (Å²) in [6, 6.07) is 0.330. The van der Waals surface area contributed by atoms with Gasteiger partial charge < -0.3 is 10.4 Å². The maximum Gasteiger partial charge on any atom is 0.0900 e. The second-order valence-electron chi connectivity index (χ2n) is 6.00. The van der Waals surface area contributed by atoms with Crippen LogP contribution >= 0.6 is 11.3 Å². The molecule has 4 heteroatoms. The lowest BCUT2D eigenvalue weighted by Gasteiger charge is -2.36. The molecule has 0 aromatic carbocycles. The van der Waals surface area contributed by atoms with Gasteiger partial charge in [-0.2, -0.15) is 0 Å². The molecule has 3 nitrogen and oxygen atoms in total. The van der Waals surface area contributed by atoms with E-state index >= 15 is 0 Å². The Morgan fingerprint density at radius 3 is 2.53 bits per heavy atom. The van der Waals surface area contributed by atoms with E-state index in [0.29, 0.717) is 12.6 Å². The number of hydrogen-bond acceptors (Lipinski definition) is 4. The quantitative estimate of drug-likeness (QED) is 0.870. The van der Waals surface area contributed by atoms with Crippen molar-refractivity contribution in [3.8, 4) is 0 Å². The Balaban J connectivity index is 1.95. The Morgan fingerprint density at radius 1 is 1.32 bits per heavy atom. The highest BCUT2D eigenvalue weighted by Crippen LogP contribution is 2.36. The summed E-state index contributed by atoms with van der Waals surface area (Å²) < 4.78 is 0. The number of aryl methyl sites for hydroxylation is 2. The lowest BCUT2D eigenvalue weighted by molar-refractivity contribution is 0.0789. The first-order valence-electron chi connectivity index (χ1n) is 7.34. The summed E-state index contributed by atoms with van der Waals surface area (Å²) in [5.41, 5.74) is 1.25. The highest BCUT2D eigenvalue weighted by molar-refractivity contribution is 7.11. The number of rotatable bonds is 5. The minimum absolute atomic E-state index is 0.111. The van der Waals surface area contributed by atoms with Crippen LogP contribution in [-0.2, 0) is 0 Å². The van der Waals surface area contributed by atoms with Crippen molar-refractivity contribution in [3.05, 3.63) is 15.6 Å². The van der Waals surface area contributed by atoms with E-state index in [1.807, 2.05) is 0 Å². The third-order valence-corrected chi connectivity index (χ3v) is 5.62. The number of nitrogens with zero attached hydrogens (tertiary/aromatic N) is 1. The van der Waals surface area contributed by atoms with Crippen molar-refractivity contribution in [2.45, 2.75) is 58.9 Å². The molecule has 1 aliphatic rings. The fourth-order valence-electron chi connectivity index (χ4n) is 3.10. The SMILES string of the molecule is Cc1nc(C)c(C(C)NCC2(CO)CCCCC2)s1. The van der Waals surface area contributed by atoms with Crippen LogP contribution in [0.15, 0.2) is 0 Å². The predicted octanol–water partition coefficient (Wildman–Crippen LogP) is 3.35. The van der Waals surface area contributed by atoms with Gasteiger partial charge in [-0.1, -0.05) is 19.3 Å². The van der Waals surface area contributed by atoms with Crippen LogP contribution in [0.5, 0.6) is 0 Å². The zero-order chi connectivity index (χ0) is 13.9. The second-order valence-corrected chi connectivity index (χ2v) is 7.24. The maximum atomic E-state index is 9.73. The summed E-state index contributed by atoms with van der Waals surface area (Å²) >= 11 is 1.78. The van der Waals surface area contributed by atoms with Crippen LogP contribution in [0.2, 0.25) is 0 Å². The maximum absolute atomic E-state index is 9.73. The summed E-state index contributed by atoms with van der Waals surface area (Å²) in [4.78, 5) is 5.83. The zero-order valence-corrected chi connectivity index (χ0v) is 13.1. The minimum atomic E-state index is 0.111. The normalized spacial score (nSPS) is 20.4. The fraction of sp³-hybridized carbons (Fsp3) is 0.800. The first kappa shape index (κ1) is 14.9. The number of thiazole rings is 1. The van der Waals surface area contributed by atoms with Crippen molar-refractivity contribution in [1.29, 1.82) is 0 Å². The van der Waals surface area contributed by atoms with Gasteiger partial charge in [0.15, 0.2) is 0 Å². The van der Waals surface area contributed by atoms with E-state index in [0.717, 1.165) is 30.1 Å². The third-order valence-electron chi connectivity index (χ3n) is 4.37. The van der Waals surface area contributed by atoms with E-state index in [1.54, 1.807) is 11.3 Å². The van der Waals surface area contributed by atoms with Gasteiger partial charge >= 0.3 is 0 Å². The highest BCUT2D eigenvalue weighted by Gasteiger charge is 2.31. The van der Waals surface area contributed by atoms with Crippen LogP contribution in [0.3, 0.4) is 0 Å². The molecule has 0 bridgehead atoms. The highest BCUT2D eigenvalue weighted by atomic mass is 32.1. The number of nitrogens with one attached hydrogen (secondary N) is 1. The average molecular weight is 282 g/mol. The topological polar surface area (TPSA) is 45.2 Å². The van der Waals surface area contributed by atoms with Crippen LogP contribution in [0.4, 0.5) is 0 Å². The van der Waals surface area contributed by atoms with Crippen molar-refractivity contribution in [1.82, 2.24) is 10.3 Å². The van der Waals surface area contributed by atoms with Gasteiger partial charge in [0.25, 0.3) is 0 Å². The zero-order valence-electron chi connectivity index (χ0n) is 12.3. The van der Waals surface area contributed by atoms with Crippen molar-refractivity contribution >= 4 is 11.3 Å². The Morgan fingerprint density at radius 2 is 2.00 bits per heavy atom. The predicted molar refractivity (Wildman–Crippen MR) is 80.6 cm³/mol. The molecule has 1 aromatic heterocycles. The molecule has 108 valence electrons. The summed E-state index contributed by atoms with van der Waals surface area (Å²) in [6.07, 6.45) is 6.16. The van der Waals surface area contributed by atoms with Gasteiger partial charge in [-0.15, -0.1) is 11.3 Å². The molecule has 1 aromatic rings. The molecule has 1 atom stereocenters. The lowest BCUT2D eigenvalue weighted by atomic mass is 9.74. The first-order chi connectivity index (χ1) is 9.06. The summed E-state index contributed by atoms with van der Waals surface area (Å²) in [5.74, 6) is 0. The van der Waals surface area contributed by atoms with Crippen LogP contribution in [0.25, 0.3) is 0 Å². The van der Waals surface area contributed by atoms with E-state index < -0.39 is 0 Å². The largest absolute Gasteiger partial charge is 0.396 e. The van der Waals surface area contributed by atoms with E-state index in [2.05, 4.69) is 31.1 Å². The Hall–Kier alpha value is -0.450. The molecule has 2 rings (SSSR count). The molecule has 0 saturated heterocycles. The van der Waals surface area contributed by atoms with Crippen LogP contribution in [-0.4, -0.2) is 23.2 Å². The summed E-state index contributed by atoms with van der Waals surface area (Å²) in [5, 5.41) is 14.5. The number of aromatic nitrogens is 1. The Bertz CT molecular complexity index is 410. The summed E-state index contributed by atoms with van der Waals surface area (Å²) in [7, 11) is 0. The lowest BCUT2D eigenvalue weighted by Crippen LogP contribution is -2.39. The Kier molecular flexibility index (Phi) is 4.98. The van der Waals surface area contributed by atoms with Gasteiger partial charge in [0.2, 0.25) is 0 Å². The average Bonchev–Trinajstić information content (AvgIpc) is 2.76. The molecule has 0 spiro atoms. The number of aliphatic hydroxyl groups excluding tert-OH is 1. The molecular weight excluding hydrogens is 256 g/mol. The van der Waals surface area contributed by atoms with Crippen molar-refractivity contribution < 1.29 is 5.11 Å². The molecule has 1 unspecified atom stereocenters. The molecule has 0 aliphatic heterocycles. The Labute approximate surface area is 120 Å². The molecule has 1 aliphatic carbocycles. The fourth-order valence-corrected chi connectivity index (χ4v) is 4.06. The van der Waals surface area contributed by atoms with Crippen molar-refractivity contribution in [3.63, 3.8) is 0 Å². The van der Waals surface area contributed by atoms with E-state index in [4.69, 9.17) is 0 Å². The minimum Gasteiger partial charge on any atom is -0.396 e. The van der Waals surface area contributed by atoms with Gasteiger partial charge in [0.1, 0.15) is 0 Å². The molecule has 19 heavy (non-hydrogen) atoms. The second kappa shape index (κ2) is 6.33.